The molecule has 7 rings (SSSR count). The van der Waals surface area contributed by atoms with Gasteiger partial charge in [-0.2, -0.15) is 9.97 Å². The molecule has 0 radical (unpaired) electrons. The number of ether oxygens (including phenoxy) is 3. The van der Waals surface area contributed by atoms with E-state index in [-0.39, 0.29) is 62.3 Å². The fourth-order valence-corrected chi connectivity index (χ4v) is 7.87. The molecule has 0 amide bonds. The van der Waals surface area contributed by atoms with Gasteiger partial charge in [0.15, 0.2) is 5.82 Å². The first-order valence-corrected chi connectivity index (χ1v) is 15.8. The molecular weight excluding hydrogens is 592 g/mol. The monoisotopic (exact) mass is 629 g/mol. The van der Waals surface area contributed by atoms with Gasteiger partial charge in [0.05, 0.1) is 32.0 Å². The molecule has 4 aromatic rings. The van der Waals surface area contributed by atoms with E-state index in [1.807, 2.05) is 11.8 Å². The third-order valence-electron chi connectivity index (χ3n) is 9.96. The van der Waals surface area contributed by atoms with Crippen LogP contribution in [0.4, 0.5) is 14.6 Å². The highest BCUT2D eigenvalue weighted by Gasteiger charge is 2.47. The van der Waals surface area contributed by atoms with Crippen molar-refractivity contribution in [2.45, 2.75) is 51.2 Å². The molecule has 2 aliphatic heterocycles. The third-order valence-corrected chi connectivity index (χ3v) is 9.96. The Labute approximate surface area is 266 Å². The molecule has 3 atom stereocenters. The summed E-state index contributed by atoms with van der Waals surface area (Å²) in [6.45, 7) is 4.94. The number of benzene rings is 2. The molecule has 2 saturated heterocycles. The van der Waals surface area contributed by atoms with Crippen LogP contribution in [0.5, 0.6) is 17.6 Å². The maximum absolute atomic E-state index is 17.0. The van der Waals surface area contributed by atoms with E-state index in [1.54, 1.807) is 0 Å². The molecule has 11 heteroatoms. The minimum absolute atomic E-state index is 0.0191. The average Bonchev–Trinajstić information content (AvgIpc) is 3.49. The van der Waals surface area contributed by atoms with Crippen molar-refractivity contribution in [1.82, 2.24) is 19.9 Å². The Kier molecular flexibility index (Phi) is 7.81. The number of hydrogen-bond donors (Lipinski definition) is 1. The lowest BCUT2D eigenvalue weighted by molar-refractivity contribution is 0.0132. The molecule has 2 aromatic heterocycles. The third kappa shape index (κ3) is 5.04. The molecular formula is C35H37F2N5O4. The highest BCUT2D eigenvalue weighted by molar-refractivity contribution is 6.04. The number of morpholine rings is 1. The topological polar surface area (TPSA) is 93.1 Å². The molecule has 240 valence electrons. The minimum atomic E-state index is -0.793. The van der Waals surface area contributed by atoms with Crippen LogP contribution in [0.1, 0.15) is 44.6 Å². The van der Waals surface area contributed by atoms with Crippen molar-refractivity contribution < 1.29 is 28.1 Å². The first-order chi connectivity index (χ1) is 22.2. The van der Waals surface area contributed by atoms with E-state index in [9.17, 15) is 9.50 Å². The minimum Gasteiger partial charge on any atom is -0.508 e. The van der Waals surface area contributed by atoms with Crippen LogP contribution >= 0.6 is 0 Å². The molecule has 46 heavy (non-hydrogen) atoms. The van der Waals surface area contributed by atoms with Gasteiger partial charge in [-0.1, -0.05) is 18.4 Å². The van der Waals surface area contributed by atoms with Gasteiger partial charge in [0.2, 0.25) is 5.88 Å². The second-order valence-corrected chi connectivity index (χ2v) is 12.8. The summed E-state index contributed by atoms with van der Waals surface area (Å²) in [5.41, 5.74) is -0.223. The fraction of sp³-hybridized carbons (Fsp3) is 0.457. The second-order valence-electron chi connectivity index (χ2n) is 12.8. The molecule has 1 N–H and O–H groups in total. The molecule has 3 aliphatic rings. The zero-order valence-electron chi connectivity index (χ0n) is 26.3. The van der Waals surface area contributed by atoms with Crippen LogP contribution in [-0.4, -0.2) is 84.1 Å². The maximum Gasteiger partial charge on any atom is 0.319 e. The predicted molar refractivity (Wildman–Crippen MR) is 171 cm³/mol. The molecule has 0 bridgehead atoms. The first kappa shape index (κ1) is 30.4. The van der Waals surface area contributed by atoms with Gasteiger partial charge in [-0.25, -0.2) is 13.8 Å². The van der Waals surface area contributed by atoms with Crippen molar-refractivity contribution in [2.75, 3.05) is 51.9 Å². The summed E-state index contributed by atoms with van der Waals surface area (Å²) >= 11 is 0. The Morgan fingerprint density at radius 3 is 2.74 bits per heavy atom. The number of anilines is 1. The standard InChI is InChI=1S/C35H37F2N5O4/c1-5-23-25(36)10-9-21-16-22(43)17-24(27(21)23)30-29(37)31-28(33(38-30)44-4)32(42-14-15-45-20(2)18-42)40-34(39-31)46-19-35-11-6-8-26(35)41(3)13-7-12-35/h1,9-10,16-17,20,26,43H,6-8,11-15,18-19H2,2-4H3. The van der Waals surface area contributed by atoms with Gasteiger partial charge in [0, 0.05) is 35.5 Å². The number of pyridine rings is 1. The highest BCUT2D eigenvalue weighted by atomic mass is 19.1. The summed E-state index contributed by atoms with van der Waals surface area (Å²) in [6.07, 6.45) is 11.1. The number of terminal acetylenes is 1. The van der Waals surface area contributed by atoms with Gasteiger partial charge in [-0.15, -0.1) is 6.42 Å². The summed E-state index contributed by atoms with van der Waals surface area (Å²) in [5.74, 6) is 1.29. The molecule has 0 spiro atoms. The number of nitrogens with zero attached hydrogens (tertiary/aromatic N) is 5. The smallest absolute Gasteiger partial charge is 0.319 e. The number of halogens is 2. The summed E-state index contributed by atoms with van der Waals surface area (Å²) in [5, 5.41) is 11.6. The van der Waals surface area contributed by atoms with Gasteiger partial charge >= 0.3 is 6.01 Å². The van der Waals surface area contributed by atoms with E-state index in [0.717, 1.165) is 38.6 Å². The summed E-state index contributed by atoms with van der Waals surface area (Å²) < 4.78 is 49.9. The normalized spacial score (nSPS) is 23.4. The Morgan fingerprint density at radius 1 is 1.13 bits per heavy atom. The number of hydrogen-bond acceptors (Lipinski definition) is 9. The summed E-state index contributed by atoms with van der Waals surface area (Å²) in [4.78, 5) is 18.5. The van der Waals surface area contributed by atoms with Crippen molar-refractivity contribution in [1.29, 1.82) is 0 Å². The van der Waals surface area contributed by atoms with Gasteiger partial charge in [0.1, 0.15) is 34.0 Å². The lowest BCUT2D eigenvalue weighted by Crippen LogP contribution is -2.50. The summed E-state index contributed by atoms with van der Waals surface area (Å²) in [7, 11) is 3.61. The largest absolute Gasteiger partial charge is 0.508 e. The molecule has 9 nitrogen and oxygen atoms in total. The molecule has 1 saturated carbocycles. The molecule has 2 aromatic carbocycles. The molecule has 1 aliphatic carbocycles. The molecule has 4 heterocycles. The van der Waals surface area contributed by atoms with Crippen molar-refractivity contribution in [3.05, 3.63) is 41.5 Å². The van der Waals surface area contributed by atoms with E-state index in [4.69, 9.17) is 25.6 Å². The first-order valence-electron chi connectivity index (χ1n) is 15.8. The summed E-state index contributed by atoms with van der Waals surface area (Å²) in [6, 6.07) is 5.94. The van der Waals surface area contributed by atoms with Gasteiger partial charge in [0.25, 0.3) is 0 Å². The highest BCUT2D eigenvalue weighted by Crippen LogP contribution is 2.48. The van der Waals surface area contributed by atoms with Crippen LogP contribution < -0.4 is 14.4 Å². The predicted octanol–water partition coefficient (Wildman–Crippen LogP) is 5.69. The lowest BCUT2D eigenvalue weighted by Gasteiger charge is -2.44. The molecule has 3 unspecified atom stereocenters. The van der Waals surface area contributed by atoms with Gasteiger partial charge in [-0.05, 0) is 69.8 Å². The lowest BCUT2D eigenvalue weighted by atomic mass is 9.76. The van der Waals surface area contributed by atoms with E-state index >= 15 is 4.39 Å². The maximum atomic E-state index is 17.0. The van der Waals surface area contributed by atoms with Crippen LogP contribution in [0, 0.1) is 29.4 Å². The van der Waals surface area contributed by atoms with E-state index in [0.29, 0.717) is 43.5 Å². The van der Waals surface area contributed by atoms with Crippen LogP contribution in [0.3, 0.4) is 0 Å². The fourth-order valence-electron chi connectivity index (χ4n) is 7.87. The number of likely N-dealkylation sites (tertiary alicyclic amines) is 1. The van der Waals surface area contributed by atoms with Crippen LogP contribution in [0.2, 0.25) is 0 Å². The van der Waals surface area contributed by atoms with Crippen molar-refractivity contribution in [3.63, 3.8) is 0 Å². The van der Waals surface area contributed by atoms with Crippen molar-refractivity contribution in [2.24, 2.45) is 5.41 Å². The zero-order chi connectivity index (χ0) is 32.2. The number of phenols is 1. The number of piperidine rings is 1. The quantitative estimate of drug-likeness (QED) is 0.270. The Hall–Kier alpha value is -4.27. The number of rotatable bonds is 6. The Balaban J connectivity index is 1.43. The SMILES string of the molecule is C#Cc1c(F)ccc2cc(O)cc(-c3nc(OC)c4c(N5CCOC(C)C5)nc(OCC56CCCC5N(C)CCC6)nc4c3F)c12. The van der Waals surface area contributed by atoms with Gasteiger partial charge in [-0.3, -0.25) is 0 Å². The van der Waals surface area contributed by atoms with Gasteiger partial charge < -0.3 is 29.1 Å². The Morgan fingerprint density at radius 2 is 1.96 bits per heavy atom. The zero-order valence-corrected chi connectivity index (χ0v) is 26.3. The van der Waals surface area contributed by atoms with E-state index in [2.05, 4.69) is 27.8 Å². The molecule has 3 fully saturated rings. The van der Waals surface area contributed by atoms with Crippen LogP contribution in [0.15, 0.2) is 24.3 Å². The van der Waals surface area contributed by atoms with E-state index < -0.39 is 11.6 Å². The van der Waals surface area contributed by atoms with Crippen LogP contribution in [-0.2, 0) is 4.74 Å². The number of aromatic nitrogens is 3. The Bertz CT molecular complexity index is 1880. The van der Waals surface area contributed by atoms with E-state index in [1.165, 1.54) is 31.4 Å². The number of fused-ring (bicyclic) bond motifs is 3. The van der Waals surface area contributed by atoms with Crippen LogP contribution in [0.25, 0.3) is 32.9 Å². The van der Waals surface area contributed by atoms with Crippen molar-refractivity contribution >= 4 is 27.5 Å². The second kappa shape index (κ2) is 11.8. The number of phenolic OH excluding ortho intramolecular Hbond substituents is 1. The number of methoxy groups -OCH3 is 1. The average molecular weight is 630 g/mol. The van der Waals surface area contributed by atoms with Crippen molar-refractivity contribution in [3.8, 4) is 41.2 Å². The number of aromatic hydroxyl groups is 1.